The molecule has 0 aliphatic carbocycles. The molecule has 18 heavy (non-hydrogen) atoms. The van der Waals surface area contributed by atoms with Gasteiger partial charge in [-0.2, -0.15) is 11.8 Å². The monoisotopic (exact) mass is 262 g/mol. The van der Waals surface area contributed by atoms with Crippen molar-refractivity contribution < 1.29 is 9.90 Å². The van der Waals surface area contributed by atoms with Crippen molar-refractivity contribution in [2.45, 2.75) is 11.8 Å². The molecule has 0 fully saturated rings. The van der Waals surface area contributed by atoms with Crippen LogP contribution in [0.25, 0.3) is 10.9 Å². The van der Waals surface area contributed by atoms with Gasteiger partial charge in [-0.05, 0) is 17.7 Å². The van der Waals surface area contributed by atoms with Crippen LogP contribution in [0.4, 0.5) is 0 Å². The van der Waals surface area contributed by atoms with E-state index in [-0.39, 0.29) is 0 Å². The molecule has 0 amide bonds. The number of carbonyl (C=O) groups is 1. The van der Waals surface area contributed by atoms with E-state index >= 15 is 0 Å². The van der Waals surface area contributed by atoms with Crippen LogP contribution in [0, 0.1) is 0 Å². The Bertz CT molecular complexity index is 559. The van der Waals surface area contributed by atoms with Crippen molar-refractivity contribution in [2.75, 3.05) is 5.75 Å². The summed E-state index contributed by atoms with van der Waals surface area (Å²) in [7, 11) is 0. The summed E-state index contributed by atoms with van der Waals surface area (Å²) >= 11 is 1.51. The molecule has 1 aromatic carbocycles. The van der Waals surface area contributed by atoms with Gasteiger partial charge in [-0.1, -0.05) is 18.2 Å². The van der Waals surface area contributed by atoms with Crippen LogP contribution < -0.4 is 5.73 Å². The third-order valence-corrected chi connectivity index (χ3v) is 3.66. The lowest BCUT2D eigenvalue weighted by molar-refractivity contribution is -0.137. The number of hydrogen-bond donors (Lipinski definition) is 2. The van der Waals surface area contributed by atoms with Crippen molar-refractivity contribution in [3.8, 4) is 0 Å². The Balaban J connectivity index is 1.98. The predicted molar refractivity (Wildman–Crippen MR) is 73.5 cm³/mol. The maximum atomic E-state index is 10.6. The van der Waals surface area contributed by atoms with Gasteiger partial charge in [-0.25, -0.2) is 0 Å². The zero-order valence-electron chi connectivity index (χ0n) is 9.74. The first kappa shape index (κ1) is 12.9. The summed E-state index contributed by atoms with van der Waals surface area (Å²) in [6.07, 6.45) is 1.82. The molecule has 3 N–H and O–H groups in total. The number of fused-ring (bicyclic) bond motifs is 1. The van der Waals surface area contributed by atoms with E-state index < -0.39 is 12.0 Å². The van der Waals surface area contributed by atoms with Gasteiger partial charge in [0, 0.05) is 23.1 Å². The molecule has 1 heterocycles. The highest BCUT2D eigenvalue weighted by Gasteiger charge is 2.10. The minimum Gasteiger partial charge on any atom is -0.480 e. The Morgan fingerprint density at radius 3 is 3.00 bits per heavy atom. The lowest BCUT2D eigenvalue weighted by atomic mass is 10.2. The highest BCUT2D eigenvalue weighted by molar-refractivity contribution is 7.98. The number of nitrogens with zero attached hydrogens (tertiary/aromatic N) is 1. The zero-order valence-corrected chi connectivity index (χ0v) is 10.6. The summed E-state index contributed by atoms with van der Waals surface area (Å²) in [6.45, 7) is 0. The molecule has 0 bridgehead atoms. The Morgan fingerprint density at radius 2 is 2.22 bits per heavy atom. The topological polar surface area (TPSA) is 76.2 Å². The number of rotatable bonds is 5. The predicted octanol–water partition coefficient (Wildman–Crippen LogP) is 1.88. The van der Waals surface area contributed by atoms with Gasteiger partial charge in [-0.15, -0.1) is 0 Å². The molecule has 2 aromatic rings. The average molecular weight is 262 g/mol. The van der Waals surface area contributed by atoms with E-state index in [0.29, 0.717) is 5.75 Å². The average Bonchev–Trinajstić information content (AvgIpc) is 2.38. The van der Waals surface area contributed by atoms with E-state index in [1.165, 1.54) is 11.8 Å². The molecule has 0 radical (unpaired) electrons. The normalized spacial score (nSPS) is 12.5. The second-order valence-corrected chi connectivity index (χ2v) is 5.03. The van der Waals surface area contributed by atoms with Crippen molar-refractivity contribution >= 4 is 28.6 Å². The zero-order chi connectivity index (χ0) is 13.0. The first-order chi connectivity index (χ1) is 8.66. The van der Waals surface area contributed by atoms with Crippen LogP contribution in [0.15, 0.2) is 36.5 Å². The number of aliphatic carboxylic acids is 1. The number of aromatic nitrogens is 1. The molecule has 4 nitrogen and oxygen atoms in total. The van der Waals surface area contributed by atoms with Crippen LogP contribution in [-0.4, -0.2) is 27.9 Å². The van der Waals surface area contributed by atoms with Crippen molar-refractivity contribution in [3.05, 3.63) is 42.1 Å². The number of para-hydroxylation sites is 1. The quantitative estimate of drug-likeness (QED) is 0.860. The molecule has 0 saturated heterocycles. The van der Waals surface area contributed by atoms with E-state index in [9.17, 15) is 4.79 Å². The standard InChI is InChI=1S/C13H14N2O2S/c14-11(13(16)17)8-18-7-9-5-10-3-1-2-4-12(10)15-6-9/h1-6,11H,7-8,14H2,(H,16,17)/t11-/m1/s1. The van der Waals surface area contributed by atoms with Gasteiger partial charge in [0.15, 0.2) is 0 Å². The van der Waals surface area contributed by atoms with E-state index in [0.717, 1.165) is 22.2 Å². The van der Waals surface area contributed by atoms with Crippen LogP contribution in [-0.2, 0) is 10.5 Å². The maximum absolute atomic E-state index is 10.6. The number of pyridine rings is 1. The SMILES string of the molecule is N[C@H](CSCc1cnc2ccccc2c1)C(=O)O. The van der Waals surface area contributed by atoms with Crippen LogP contribution in [0.1, 0.15) is 5.56 Å². The molecular formula is C13H14N2O2S. The summed E-state index contributed by atoms with van der Waals surface area (Å²) < 4.78 is 0. The summed E-state index contributed by atoms with van der Waals surface area (Å²) in [5.41, 5.74) is 7.48. The van der Waals surface area contributed by atoms with E-state index in [1.807, 2.05) is 30.5 Å². The Labute approximate surface area is 109 Å². The van der Waals surface area contributed by atoms with Crippen LogP contribution >= 0.6 is 11.8 Å². The third-order valence-electron chi connectivity index (χ3n) is 2.53. The minimum atomic E-state index is -0.959. The third kappa shape index (κ3) is 3.21. The molecule has 0 saturated carbocycles. The van der Waals surface area contributed by atoms with Crippen molar-refractivity contribution in [1.82, 2.24) is 4.98 Å². The molecule has 1 aromatic heterocycles. The highest BCUT2D eigenvalue weighted by Crippen LogP contribution is 2.17. The molecule has 1 atom stereocenters. The Hall–Kier alpha value is -1.59. The first-order valence-electron chi connectivity index (χ1n) is 5.56. The van der Waals surface area contributed by atoms with Gasteiger partial charge in [0.2, 0.25) is 0 Å². The van der Waals surface area contributed by atoms with Gasteiger partial charge < -0.3 is 10.8 Å². The Kier molecular flexibility index (Phi) is 4.17. The van der Waals surface area contributed by atoms with Crippen LogP contribution in [0.5, 0.6) is 0 Å². The summed E-state index contributed by atoms with van der Waals surface area (Å²) in [4.78, 5) is 14.9. The second kappa shape index (κ2) is 5.84. The fourth-order valence-corrected chi connectivity index (χ4v) is 2.48. The van der Waals surface area contributed by atoms with Gasteiger partial charge in [0.25, 0.3) is 0 Å². The number of thioether (sulfide) groups is 1. The molecule has 2 rings (SSSR count). The lowest BCUT2D eigenvalue weighted by Gasteiger charge is -2.06. The first-order valence-corrected chi connectivity index (χ1v) is 6.72. The van der Waals surface area contributed by atoms with E-state index in [4.69, 9.17) is 10.8 Å². The summed E-state index contributed by atoms with van der Waals surface area (Å²) in [5.74, 6) is 0.167. The van der Waals surface area contributed by atoms with Gasteiger partial charge in [-0.3, -0.25) is 9.78 Å². The number of nitrogens with two attached hydrogens (primary N) is 1. The minimum absolute atomic E-state index is 0.405. The molecule has 0 aliphatic rings. The smallest absolute Gasteiger partial charge is 0.321 e. The van der Waals surface area contributed by atoms with Gasteiger partial charge in [0.05, 0.1) is 5.52 Å². The van der Waals surface area contributed by atoms with Gasteiger partial charge >= 0.3 is 5.97 Å². The van der Waals surface area contributed by atoms with Crippen LogP contribution in [0.3, 0.4) is 0 Å². The number of carboxylic acids is 1. The van der Waals surface area contributed by atoms with Gasteiger partial charge in [0.1, 0.15) is 6.04 Å². The number of benzene rings is 1. The highest BCUT2D eigenvalue weighted by atomic mass is 32.2. The second-order valence-electron chi connectivity index (χ2n) is 4.00. The lowest BCUT2D eigenvalue weighted by Crippen LogP contribution is -2.32. The van der Waals surface area contributed by atoms with Crippen molar-refractivity contribution in [3.63, 3.8) is 0 Å². The summed E-state index contributed by atoms with van der Waals surface area (Å²) in [6, 6.07) is 9.17. The molecular weight excluding hydrogens is 248 g/mol. The largest absolute Gasteiger partial charge is 0.480 e. The van der Waals surface area contributed by atoms with E-state index in [2.05, 4.69) is 11.1 Å². The fraction of sp³-hybridized carbons (Fsp3) is 0.231. The summed E-state index contributed by atoms with van der Waals surface area (Å²) in [5, 5.41) is 9.77. The molecule has 0 unspecified atom stereocenters. The molecule has 5 heteroatoms. The molecule has 94 valence electrons. The number of carboxylic acid groups (broad SMARTS) is 1. The maximum Gasteiger partial charge on any atom is 0.321 e. The van der Waals surface area contributed by atoms with Crippen molar-refractivity contribution in [1.29, 1.82) is 0 Å². The van der Waals surface area contributed by atoms with E-state index in [1.54, 1.807) is 0 Å². The van der Waals surface area contributed by atoms with Crippen LogP contribution in [0.2, 0.25) is 0 Å². The van der Waals surface area contributed by atoms with Crippen molar-refractivity contribution in [2.24, 2.45) is 5.73 Å². The fourth-order valence-electron chi connectivity index (χ4n) is 1.57. The Morgan fingerprint density at radius 1 is 1.44 bits per heavy atom. The number of hydrogen-bond acceptors (Lipinski definition) is 4. The molecule has 0 aliphatic heterocycles. The molecule has 0 spiro atoms.